The van der Waals surface area contributed by atoms with E-state index in [1.54, 1.807) is 0 Å². The van der Waals surface area contributed by atoms with Crippen molar-refractivity contribution in [3.63, 3.8) is 0 Å². The molecular weight excluding hydrogens is 215 g/mol. The van der Waals surface area contributed by atoms with Gasteiger partial charge in [0.2, 0.25) is 0 Å². The van der Waals surface area contributed by atoms with Gasteiger partial charge in [0.15, 0.2) is 5.60 Å². The highest BCUT2D eigenvalue weighted by Crippen LogP contribution is 2.15. The average molecular weight is 228 g/mol. The highest BCUT2D eigenvalue weighted by atomic mass is 19.1. The van der Waals surface area contributed by atoms with Crippen LogP contribution in [-0.4, -0.2) is 30.4 Å². The molecule has 5 heteroatoms. The molecule has 1 unspecified atom stereocenters. The van der Waals surface area contributed by atoms with Gasteiger partial charge < -0.3 is 14.6 Å². The lowest BCUT2D eigenvalue weighted by atomic mass is 10.1. The number of aliphatic hydroxyl groups is 1. The molecule has 1 N–H and O–H groups in total. The van der Waals surface area contributed by atoms with Crippen LogP contribution in [0.1, 0.15) is 6.92 Å². The van der Waals surface area contributed by atoms with Crippen molar-refractivity contribution in [2.75, 3.05) is 13.7 Å². The van der Waals surface area contributed by atoms with Crippen LogP contribution in [0, 0.1) is 5.82 Å². The first-order valence-electron chi connectivity index (χ1n) is 4.65. The zero-order chi connectivity index (χ0) is 12.2. The Morgan fingerprint density at radius 2 is 2.25 bits per heavy atom. The van der Waals surface area contributed by atoms with E-state index in [4.69, 9.17) is 4.74 Å². The van der Waals surface area contributed by atoms with Crippen molar-refractivity contribution in [2.24, 2.45) is 0 Å². The van der Waals surface area contributed by atoms with Gasteiger partial charge in [0.1, 0.15) is 18.2 Å². The molecule has 1 rings (SSSR count). The van der Waals surface area contributed by atoms with Crippen LogP contribution in [0.4, 0.5) is 4.39 Å². The number of esters is 1. The Morgan fingerprint density at radius 3 is 2.81 bits per heavy atom. The highest BCUT2D eigenvalue weighted by molar-refractivity contribution is 5.78. The number of carbonyl (C=O) groups is 1. The molecule has 0 aromatic heterocycles. The summed E-state index contributed by atoms with van der Waals surface area (Å²) in [5.41, 5.74) is -1.75. The number of methoxy groups -OCH3 is 1. The number of carbonyl (C=O) groups excluding carboxylic acids is 1. The molecule has 1 atom stereocenters. The van der Waals surface area contributed by atoms with Gasteiger partial charge in [0, 0.05) is 6.07 Å². The molecule has 0 aliphatic heterocycles. The third-order valence-corrected chi connectivity index (χ3v) is 1.94. The van der Waals surface area contributed by atoms with E-state index in [2.05, 4.69) is 4.74 Å². The van der Waals surface area contributed by atoms with E-state index in [0.29, 0.717) is 0 Å². The molecule has 88 valence electrons. The summed E-state index contributed by atoms with van der Waals surface area (Å²) in [5, 5.41) is 9.62. The monoisotopic (exact) mass is 228 g/mol. The van der Waals surface area contributed by atoms with Crippen LogP contribution >= 0.6 is 0 Å². The molecule has 0 spiro atoms. The Morgan fingerprint density at radius 1 is 1.56 bits per heavy atom. The van der Waals surface area contributed by atoms with Crippen LogP contribution in [0.3, 0.4) is 0 Å². The summed E-state index contributed by atoms with van der Waals surface area (Å²) in [6.45, 7) is 0.960. The van der Waals surface area contributed by atoms with Crippen LogP contribution in [0.25, 0.3) is 0 Å². The van der Waals surface area contributed by atoms with Crippen LogP contribution in [0.2, 0.25) is 0 Å². The van der Waals surface area contributed by atoms with Crippen LogP contribution in [0.5, 0.6) is 5.75 Å². The maximum Gasteiger partial charge on any atom is 0.341 e. The largest absolute Gasteiger partial charge is 0.490 e. The van der Waals surface area contributed by atoms with Crippen molar-refractivity contribution in [1.82, 2.24) is 0 Å². The second-order valence-corrected chi connectivity index (χ2v) is 3.51. The fraction of sp³-hybridized carbons (Fsp3) is 0.364. The molecule has 0 aliphatic rings. The van der Waals surface area contributed by atoms with E-state index in [-0.39, 0.29) is 12.4 Å². The number of rotatable bonds is 4. The normalized spacial score (nSPS) is 14.0. The molecule has 0 aliphatic carbocycles. The highest BCUT2D eigenvalue weighted by Gasteiger charge is 2.32. The average Bonchev–Trinajstić information content (AvgIpc) is 2.25. The minimum absolute atomic E-state index is 0.240. The van der Waals surface area contributed by atoms with Gasteiger partial charge in [-0.1, -0.05) is 6.07 Å². The van der Waals surface area contributed by atoms with Gasteiger partial charge in [-0.3, -0.25) is 0 Å². The predicted octanol–water partition coefficient (Wildman–Crippen LogP) is 1.13. The summed E-state index contributed by atoms with van der Waals surface area (Å²) in [5.74, 6) is -1.01. The minimum atomic E-state index is -1.75. The number of hydrogen-bond acceptors (Lipinski definition) is 4. The Bertz CT molecular complexity index is 376. The Kier molecular flexibility index (Phi) is 3.84. The summed E-state index contributed by atoms with van der Waals surface area (Å²) in [7, 11) is 1.17. The zero-order valence-corrected chi connectivity index (χ0v) is 9.07. The molecule has 0 heterocycles. The van der Waals surface area contributed by atoms with Crippen molar-refractivity contribution in [2.45, 2.75) is 12.5 Å². The van der Waals surface area contributed by atoms with Gasteiger partial charge in [-0.2, -0.15) is 0 Å². The molecule has 0 radical (unpaired) electrons. The molecule has 1 aromatic rings. The van der Waals surface area contributed by atoms with E-state index >= 15 is 0 Å². The summed E-state index contributed by atoms with van der Waals surface area (Å²) < 4.78 is 22.2. The molecule has 0 saturated heterocycles. The first kappa shape index (κ1) is 12.4. The maximum atomic E-state index is 12.8. The third-order valence-electron chi connectivity index (χ3n) is 1.94. The van der Waals surface area contributed by atoms with Gasteiger partial charge in [0.25, 0.3) is 0 Å². The van der Waals surface area contributed by atoms with E-state index in [0.717, 1.165) is 6.07 Å². The summed E-state index contributed by atoms with van der Waals surface area (Å²) in [6.07, 6.45) is 0. The number of ether oxygens (including phenoxy) is 2. The SMILES string of the molecule is COC(=O)C(C)(O)COc1cccc(F)c1. The Hall–Kier alpha value is -1.62. The lowest BCUT2D eigenvalue weighted by molar-refractivity contribution is -0.163. The van der Waals surface area contributed by atoms with Gasteiger partial charge in [-0.05, 0) is 19.1 Å². The Labute approximate surface area is 92.6 Å². The van der Waals surface area contributed by atoms with E-state index in [9.17, 15) is 14.3 Å². The fourth-order valence-electron chi connectivity index (χ4n) is 1.06. The quantitative estimate of drug-likeness (QED) is 0.785. The molecule has 4 nitrogen and oxygen atoms in total. The third kappa shape index (κ3) is 3.20. The fourth-order valence-corrected chi connectivity index (χ4v) is 1.06. The van der Waals surface area contributed by atoms with Gasteiger partial charge in [-0.25, -0.2) is 9.18 Å². The number of hydrogen-bond donors (Lipinski definition) is 1. The topological polar surface area (TPSA) is 55.8 Å². The Balaban J connectivity index is 2.61. The van der Waals surface area contributed by atoms with Crippen molar-refractivity contribution in [3.8, 4) is 5.75 Å². The summed E-state index contributed by atoms with van der Waals surface area (Å²) in [6, 6.07) is 5.42. The molecule has 1 aromatic carbocycles. The van der Waals surface area contributed by atoms with Crippen molar-refractivity contribution in [1.29, 1.82) is 0 Å². The van der Waals surface area contributed by atoms with Gasteiger partial charge in [-0.15, -0.1) is 0 Å². The van der Waals surface area contributed by atoms with Gasteiger partial charge in [0.05, 0.1) is 7.11 Å². The minimum Gasteiger partial charge on any atom is -0.490 e. The standard InChI is InChI=1S/C11H13FO4/c1-11(14,10(13)15-2)7-16-9-5-3-4-8(12)6-9/h3-6,14H,7H2,1-2H3. The molecule has 0 amide bonds. The maximum absolute atomic E-state index is 12.8. The molecule has 0 fully saturated rings. The second-order valence-electron chi connectivity index (χ2n) is 3.51. The summed E-state index contributed by atoms with van der Waals surface area (Å²) in [4.78, 5) is 11.1. The van der Waals surface area contributed by atoms with Gasteiger partial charge >= 0.3 is 5.97 Å². The van der Waals surface area contributed by atoms with Crippen molar-refractivity contribution in [3.05, 3.63) is 30.1 Å². The molecule has 16 heavy (non-hydrogen) atoms. The van der Waals surface area contributed by atoms with Crippen LogP contribution < -0.4 is 4.74 Å². The first-order valence-corrected chi connectivity index (χ1v) is 4.65. The number of halogens is 1. The predicted molar refractivity (Wildman–Crippen MR) is 54.5 cm³/mol. The second kappa shape index (κ2) is 4.94. The molecule has 0 saturated carbocycles. The van der Waals surface area contributed by atoms with Crippen LogP contribution in [0.15, 0.2) is 24.3 Å². The van der Waals surface area contributed by atoms with Crippen LogP contribution in [-0.2, 0) is 9.53 Å². The van der Waals surface area contributed by atoms with Crippen molar-refractivity contribution < 1.29 is 23.8 Å². The zero-order valence-electron chi connectivity index (χ0n) is 9.07. The lowest BCUT2D eigenvalue weighted by Crippen LogP contribution is -2.42. The smallest absolute Gasteiger partial charge is 0.341 e. The molecule has 0 bridgehead atoms. The van der Waals surface area contributed by atoms with E-state index < -0.39 is 17.4 Å². The van der Waals surface area contributed by atoms with Crippen molar-refractivity contribution >= 4 is 5.97 Å². The number of benzene rings is 1. The first-order chi connectivity index (χ1) is 7.45. The lowest BCUT2D eigenvalue weighted by Gasteiger charge is -2.20. The summed E-state index contributed by atoms with van der Waals surface area (Å²) >= 11 is 0. The van der Waals surface area contributed by atoms with E-state index in [1.165, 1.54) is 32.2 Å². The van der Waals surface area contributed by atoms with E-state index in [1.807, 2.05) is 0 Å². The molecular formula is C11H13FO4.